The van der Waals surface area contributed by atoms with Gasteiger partial charge in [0.1, 0.15) is 17.2 Å². The summed E-state index contributed by atoms with van der Waals surface area (Å²) in [4.78, 5) is 40.0. The molecular formula is C26H24N6O3. The van der Waals surface area contributed by atoms with Crippen molar-refractivity contribution >= 4 is 28.9 Å². The van der Waals surface area contributed by atoms with Crippen LogP contribution in [0.5, 0.6) is 0 Å². The number of esters is 1. The average Bonchev–Trinajstić information content (AvgIpc) is 3.22. The van der Waals surface area contributed by atoms with E-state index in [0.717, 1.165) is 17.8 Å². The van der Waals surface area contributed by atoms with E-state index in [1.54, 1.807) is 42.6 Å². The number of aromatic nitrogens is 4. The fraction of sp³-hybridized carbons (Fsp3) is 0.231. The summed E-state index contributed by atoms with van der Waals surface area (Å²) in [7, 11) is 3.21. The second-order valence-corrected chi connectivity index (χ2v) is 7.93. The standard InChI is InChI=1S/C26H24N6O3/c1-31-23(11-10-18-6-8-19(16-27)9-7-18)30-21-15-20(17-29-25(21)31)26(34)32(14-12-24(33)35-2)22-5-3-4-13-28-22/h3-9,13,15,17H,10-12,14H2,1-2H3. The molecule has 0 atom stereocenters. The maximum absolute atomic E-state index is 13.4. The highest BCUT2D eigenvalue weighted by molar-refractivity contribution is 6.06. The molecule has 0 aliphatic rings. The molecule has 0 fully saturated rings. The Hall–Kier alpha value is -4.58. The number of ether oxygens (including phenoxy) is 1. The summed E-state index contributed by atoms with van der Waals surface area (Å²) in [5.41, 5.74) is 3.38. The summed E-state index contributed by atoms with van der Waals surface area (Å²) in [6, 6.07) is 16.6. The number of pyridine rings is 2. The van der Waals surface area contributed by atoms with Gasteiger partial charge >= 0.3 is 5.97 Å². The maximum atomic E-state index is 13.4. The molecule has 0 saturated carbocycles. The van der Waals surface area contributed by atoms with Crippen LogP contribution in [-0.4, -0.2) is 45.1 Å². The van der Waals surface area contributed by atoms with Crippen molar-refractivity contribution in [1.29, 1.82) is 5.26 Å². The van der Waals surface area contributed by atoms with Gasteiger partial charge in [-0.05, 0) is 42.3 Å². The summed E-state index contributed by atoms with van der Waals surface area (Å²) in [6.07, 6.45) is 4.59. The SMILES string of the molecule is COC(=O)CCN(C(=O)c1cnc2c(c1)nc(CCc1ccc(C#N)cc1)n2C)c1ccccn1. The van der Waals surface area contributed by atoms with Crippen molar-refractivity contribution in [2.75, 3.05) is 18.6 Å². The van der Waals surface area contributed by atoms with Crippen LogP contribution < -0.4 is 4.90 Å². The molecule has 3 heterocycles. The van der Waals surface area contributed by atoms with Gasteiger partial charge in [-0.15, -0.1) is 0 Å². The Bertz CT molecular complexity index is 1390. The zero-order valence-electron chi connectivity index (χ0n) is 19.5. The monoisotopic (exact) mass is 468 g/mol. The van der Waals surface area contributed by atoms with Gasteiger partial charge in [-0.3, -0.25) is 14.5 Å². The Kier molecular flexibility index (Phi) is 7.12. The van der Waals surface area contributed by atoms with E-state index in [9.17, 15) is 9.59 Å². The van der Waals surface area contributed by atoms with Gasteiger partial charge in [0.2, 0.25) is 0 Å². The third-order valence-corrected chi connectivity index (χ3v) is 5.71. The molecule has 4 aromatic rings. The minimum absolute atomic E-state index is 0.0393. The van der Waals surface area contributed by atoms with Gasteiger partial charge in [0.15, 0.2) is 5.65 Å². The molecule has 0 radical (unpaired) electrons. The van der Waals surface area contributed by atoms with E-state index in [-0.39, 0.29) is 18.9 Å². The Morgan fingerprint density at radius 2 is 1.91 bits per heavy atom. The number of benzene rings is 1. The van der Waals surface area contributed by atoms with E-state index in [2.05, 4.69) is 16.0 Å². The predicted molar refractivity (Wildman–Crippen MR) is 130 cm³/mol. The van der Waals surface area contributed by atoms with Crippen LogP contribution in [0.3, 0.4) is 0 Å². The number of carbonyl (C=O) groups is 2. The van der Waals surface area contributed by atoms with Gasteiger partial charge in [0.05, 0.1) is 30.7 Å². The summed E-state index contributed by atoms with van der Waals surface area (Å²) < 4.78 is 6.64. The molecule has 0 aliphatic carbocycles. The van der Waals surface area contributed by atoms with Gasteiger partial charge in [-0.2, -0.15) is 5.26 Å². The quantitative estimate of drug-likeness (QED) is 0.365. The molecule has 1 aromatic carbocycles. The van der Waals surface area contributed by atoms with Gasteiger partial charge in [0, 0.05) is 32.4 Å². The zero-order chi connectivity index (χ0) is 24.8. The summed E-state index contributed by atoms with van der Waals surface area (Å²) in [5, 5.41) is 8.96. The van der Waals surface area contributed by atoms with Crippen LogP contribution >= 0.6 is 0 Å². The fourth-order valence-corrected chi connectivity index (χ4v) is 3.76. The van der Waals surface area contributed by atoms with Crippen LogP contribution in [0.4, 0.5) is 5.82 Å². The first-order valence-electron chi connectivity index (χ1n) is 11.1. The Morgan fingerprint density at radius 3 is 2.60 bits per heavy atom. The predicted octanol–water partition coefficient (Wildman–Crippen LogP) is 3.23. The molecule has 0 N–H and O–H groups in total. The number of hydrogen-bond acceptors (Lipinski definition) is 7. The van der Waals surface area contributed by atoms with Crippen molar-refractivity contribution in [1.82, 2.24) is 19.5 Å². The molecule has 0 bridgehead atoms. The molecular weight excluding hydrogens is 444 g/mol. The van der Waals surface area contributed by atoms with Gasteiger partial charge in [-0.25, -0.2) is 15.0 Å². The van der Waals surface area contributed by atoms with Crippen LogP contribution in [-0.2, 0) is 29.4 Å². The third-order valence-electron chi connectivity index (χ3n) is 5.71. The lowest BCUT2D eigenvalue weighted by atomic mass is 10.1. The number of amides is 1. The van der Waals surface area contributed by atoms with E-state index in [0.29, 0.717) is 34.5 Å². The third kappa shape index (κ3) is 5.33. The number of methoxy groups -OCH3 is 1. The van der Waals surface area contributed by atoms with Crippen molar-refractivity contribution in [3.05, 3.63) is 83.4 Å². The van der Waals surface area contributed by atoms with E-state index >= 15 is 0 Å². The summed E-state index contributed by atoms with van der Waals surface area (Å²) in [6.45, 7) is 0.124. The maximum Gasteiger partial charge on any atom is 0.307 e. The molecule has 4 rings (SSSR count). The molecule has 0 saturated heterocycles. The fourth-order valence-electron chi connectivity index (χ4n) is 3.76. The number of nitrogens with zero attached hydrogens (tertiary/aromatic N) is 6. The van der Waals surface area contributed by atoms with Crippen molar-refractivity contribution in [2.24, 2.45) is 7.05 Å². The summed E-state index contributed by atoms with van der Waals surface area (Å²) in [5.74, 6) is 0.537. The lowest BCUT2D eigenvalue weighted by Crippen LogP contribution is -2.34. The van der Waals surface area contributed by atoms with E-state index in [1.165, 1.54) is 18.2 Å². The normalized spacial score (nSPS) is 10.7. The lowest BCUT2D eigenvalue weighted by Gasteiger charge is -2.21. The number of rotatable bonds is 8. The molecule has 0 unspecified atom stereocenters. The van der Waals surface area contributed by atoms with Crippen LogP contribution in [0.2, 0.25) is 0 Å². The van der Waals surface area contributed by atoms with Crippen LogP contribution in [0, 0.1) is 11.3 Å². The Labute approximate surface area is 202 Å². The highest BCUT2D eigenvalue weighted by Crippen LogP contribution is 2.19. The molecule has 35 heavy (non-hydrogen) atoms. The lowest BCUT2D eigenvalue weighted by molar-refractivity contribution is -0.140. The number of nitriles is 1. The van der Waals surface area contributed by atoms with Crippen molar-refractivity contribution < 1.29 is 14.3 Å². The summed E-state index contributed by atoms with van der Waals surface area (Å²) >= 11 is 0. The molecule has 0 spiro atoms. The molecule has 9 heteroatoms. The number of fused-ring (bicyclic) bond motifs is 1. The smallest absolute Gasteiger partial charge is 0.307 e. The number of aryl methyl sites for hydroxylation is 3. The Balaban J connectivity index is 1.57. The first kappa shape index (κ1) is 23.6. The number of imidazole rings is 1. The van der Waals surface area contributed by atoms with Gasteiger partial charge in [-0.1, -0.05) is 18.2 Å². The minimum atomic E-state index is -0.413. The highest BCUT2D eigenvalue weighted by atomic mass is 16.5. The second kappa shape index (κ2) is 10.6. The number of anilines is 1. The average molecular weight is 469 g/mol. The number of hydrogen-bond donors (Lipinski definition) is 0. The van der Waals surface area contributed by atoms with E-state index in [4.69, 9.17) is 15.0 Å². The number of carbonyl (C=O) groups excluding carboxylic acids is 2. The zero-order valence-corrected chi connectivity index (χ0v) is 19.5. The van der Waals surface area contributed by atoms with Crippen LogP contribution in [0.25, 0.3) is 11.2 Å². The molecule has 0 aliphatic heterocycles. The second-order valence-electron chi connectivity index (χ2n) is 7.93. The van der Waals surface area contributed by atoms with E-state index < -0.39 is 5.97 Å². The Morgan fingerprint density at radius 1 is 1.11 bits per heavy atom. The first-order valence-corrected chi connectivity index (χ1v) is 11.1. The first-order chi connectivity index (χ1) is 17.0. The molecule has 1 amide bonds. The van der Waals surface area contributed by atoms with Crippen molar-refractivity contribution in [3.8, 4) is 6.07 Å². The van der Waals surface area contributed by atoms with E-state index in [1.807, 2.05) is 23.7 Å². The molecule has 3 aromatic heterocycles. The molecule has 176 valence electrons. The van der Waals surface area contributed by atoms with Gasteiger partial charge < -0.3 is 9.30 Å². The van der Waals surface area contributed by atoms with Crippen molar-refractivity contribution in [3.63, 3.8) is 0 Å². The molecule has 9 nitrogen and oxygen atoms in total. The highest BCUT2D eigenvalue weighted by Gasteiger charge is 2.22. The van der Waals surface area contributed by atoms with Gasteiger partial charge in [0.25, 0.3) is 5.91 Å². The minimum Gasteiger partial charge on any atom is -0.469 e. The largest absolute Gasteiger partial charge is 0.469 e. The van der Waals surface area contributed by atoms with Crippen LogP contribution in [0.1, 0.15) is 33.7 Å². The van der Waals surface area contributed by atoms with Crippen molar-refractivity contribution in [2.45, 2.75) is 19.3 Å². The topological polar surface area (TPSA) is 114 Å². The van der Waals surface area contributed by atoms with Crippen LogP contribution in [0.15, 0.2) is 60.9 Å².